The molecule has 1 rings (SSSR count). The zero-order chi connectivity index (χ0) is 7.40. The van der Waals surface area contributed by atoms with Crippen LogP contribution < -0.4 is 0 Å². The Bertz CT molecular complexity index is 166. The lowest BCUT2D eigenvalue weighted by Gasteiger charge is -2.11. The Kier molecular flexibility index (Phi) is 2.55. The van der Waals surface area contributed by atoms with Crippen LogP contribution in [0.4, 0.5) is 0 Å². The van der Waals surface area contributed by atoms with Crippen LogP contribution in [0.5, 0.6) is 0 Å². The van der Waals surface area contributed by atoms with E-state index in [1.54, 1.807) is 0 Å². The Labute approximate surface area is 62.4 Å². The van der Waals surface area contributed by atoms with Crippen molar-refractivity contribution in [3.63, 3.8) is 0 Å². The number of hydrogen-bond donors (Lipinski definition) is 0. The Morgan fingerprint density at radius 1 is 1.40 bits per heavy atom. The smallest absolute Gasteiger partial charge is 0.0960 e. The summed E-state index contributed by atoms with van der Waals surface area (Å²) in [5, 5.41) is 0. The van der Waals surface area contributed by atoms with Gasteiger partial charge in [0.1, 0.15) is 0 Å². The summed E-state index contributed by atoms with van der Waals surface area (Å²) in [7, 11) is 0. The van der Waals surface area contributed by atoms with E-state index in [9.17, 15) is 0 Å². The van der Waals surface area contributed by atoms with Gasteiger partial charge in [-0.15, -0.1) is 0 Å². The summed E-state index contributed by atoms with van der Waals surface area (Å²) >= 11 is 0. The predicted molar refractivity (Wildman–Crippen MR) is 42.7 cm³/mol. The molecule has 1 nitrogen and oxygen atoms in total. The van der Waals surface area contributed by atoms with E-state index in [1.165, 1.54) is 5.57 Å². The topological polar surface area (TPSA) is 9.23 Å². The highest BCUT2D eigenvalue weighted by molar-refractivity contribution is 5.16. The molecule has 0 aliphatic heterocycles. The van der Waals surface area contributed by atoms with E-state index in [0.717, 1.165) is 25.2 Å². The molecule has 0 aromatic carbocycles. The molecule has 1 aliphatic carbocycles. The van der Waals surface area contributed by atoms with Crippen LogP contribution in [0.15, 0.2) is 23.5 Å². The van der Waals surface area contributed by atoms with Gasteiger partial charge >= 0.3 is 0 Å². The first-order valence-electron chi connectivity index (χ1n) is 3.80. The lowest BCUT2D eigenvalue weighted by Crippen LogP contribution is -1.94. The first kappa shape index (κ1) is 7.39. The summed E-state index contributed by atoms with van der Waals surface area (Å²) in [6.45, 7) is 4.96. The normalized spacial score (nSPS) is 17.8. The maximum Gasteiger partial charge on any atom is 0.0960 e. The minimum Gasteiger partial charge on any atom is -0.498 e. The van der Waals surface area contributed by atoms with Crippen LogP contribution in [0.3, 0.4) is 0 Å². The van der Waals surface area contributed by atoms with Gasteiger partial charge in [0.25, 0.3) is 0 Å². The summed E-state index contributed by atoms with van der Waals surface area (Å²) in [5.41, 5.74) is 1.45. The lowest BCUT2D eigenvalue weighted by molar-refractivity contribution is 0.222. The monoisotopic (exact) mass is 138 g/mol. The zero-order valence-corrected chi connectivity index (χ0v) is 6.68. The SMILES string of the molecule is CCOC1=CCC(C)=CC1. The second-order valence-corrected chi connectivity index (χ2v) is 2.56. The Morgan fingerprint density at radius 2 is 2.20 bits per heavy atom. The van der Waals surface area contributed by atoms with E-state index in [2.05, 4.69) is 19.1 Å². The van der Waals surface area contributed by atoms with Crippen molar-refractivity contribution in [3.8, 4) is 0 Å². The van der Waals surface area contributed by atoms with Gasteiger partial charge in [0.05, 0.1) is 12.4 Å². The van der Waals surface area contributed by atoms with Gasteiger partial charge in [-0.1, -0.05) is 11.6 Å². The molecule has 0 aromatic rings. The second kappa shape index (κ2) is 3.45. The van der Waals surface area contributed by atoms with Gasteiger partial charge < -0.3 is 4.74 Å². The van der Waals surface area contributed by atoms with Gasteiger partial charge in [-0.25, -0.2) is 0 Å². The fourth-order valence-corrected chi connectivity index (χ4v) is 1.02. The van der Waals surface area contributed by atoms with Crippen molar-refractivity contribution in [3.05, 3.63) is 23.5 Å². The summed E-state index contributed by atoms with van der Waals surface area (Å²) in [6, 6.07) is 0. The van der Waals surface area contributed by atoms with Gasteiger partial charge in [-0.2, -0.15) is 0 Å². The molecule has 0 aromatic heterocycles. The second-order valence-electron chi connectivity index (χ2n) is 2.56. The molecule has 56 valence electrons. The van der Waals surface area contributed by atoms with Crippen LogP contribution in [-0.4, -0.2) is 6.61 Å². The first-order chi connectivity index (χ1) is 4.83. The van der Waals surface area contributed by atoms with E-state index in [0.29, 0.717) is 0 Å². The third-order valence-corrected chi connectivity index (χ3v) is 1.63. The molecule has 0 fully saturated rings. The Morgan fingerprint density at radius 3 is 2.70 bits per heavy atom. The van der Waals surface area contributed by atoms with Crippen molar-refractivity contribution in [2.75, 3.05) is 6.61 Å². The van der Waals surface area contributed by atoms with Crippen molar-refractivity contribution in [2.45, 2.75) is 26.7 Å². The average molecular weight is 138 g/mol. The Balaban J connectivity index is 2.38. The molecule has 0 bridgehead atoms. The summed E-state index contributed by atoms with van der Waals surface area (Å²) in [6.07, 6.45) is 6.44. The standard InChI is InChI=1S/C9H14O/c1-3-10-9-6-4-8(2)5-7-9/h4,7H,3,5-6H2,1-2H3. The van der Waals surface area contributed by atoms with Crippen LogP contribution in [-0.2, 0) is 4.74 Å². The zero-order valence-electron chi connectivity index (χ0n) is 6.68. The molecular weight excluding hydrogens is 124 g/mol. The summed E-state index contributed by atoms with van der Waals surface area (Å²) in [5.74, 6) is 1.13. The van der Waals surface area contributed by atoms with Gasteiger partial charge in [-0.3, -0.25) is 0 Å². The average Bonchev–Trinajstić information content (AvgIpc) is 1.95. The number of ether oxygens (including phenoxy) is 1. The van der Waals surface area contributed by atoms with Crippen molar-refractivity contribution in [1.29, 1.82) is 0 Å². The van der Waals surface area contributed by atoms with Gasteiger partial charge in [-0.05, 0) is 26.3 Å². The number of rotatable bonds is 2. The van der Waals surface area contributed by atoms with Crippen LogP contribution in [0.2, 0.25) is 0 Å². The molecule has 0 heterocycles. The van der Waals surface area contributed by atoms with Crippen LogP contribution in [0, 0.1) is 0 Å². The largest absolute Gasteiger partial charge is 0.498 e. The van der Waals surface area contributed by atoms with E-state index < -0.39 is 0 Å². The van der Waals surface area contributed by atoms with Crippen LogP contribution in [0.25, 0.3) is 0 Å². The van der Waals surface area contributed by atoms with Gasteiger partial charge in [0, 0.05) is 6.42 Å². The van der Waals surface area contributed by atoms with Gasteiger partial charge in [0.2, 0.25) is 0 Å². The van der Waals surface area contributed by atoms with Crippen molar-refractivity contribution in [1.82, 2.24) is 0 Å². The van der Waals surface area contributed by atoms with Crippen molar-refractivity contribution < 1.29 is 4.74 Å². The minimum absolute atomic E-state index is 0.790. The quantitative estimate of drug-likeness (QED) is 0.533. The maximum atomic E-state index is 5.35. The van der Waals surface area contributed by atoms with Crippen LogP contribution in [0.1, 0.15) is 26.7 Å². The number of allylic oxidation sites excluding steroid dienone is 3. The lowest BCUT2D eigenvalue weighted by atomic mass is 10.1. The predicted octanol–water partition coefficient (Wildman–Crippen LogP) is 2.65. The number of hydrogen-bond acceptors (Lipinski definition) is 1. The van der Waals surface area contributed by atoms with E-state index in [4.69, 9.17) is 4.74 Å². The Hall–Kier alpha value is -0.720. The molecule has 0 N–H and O–H groups in total. The van der Waals surface area contributed by atoms with E-state index in [-0.39, 0.29) is 0 Å². The molecule has 0 unspecified atom stereocenters. The highest BCUT2D eigenvalue weighted by Crippen LogP contribution is 2.16. The highest BCUT2D eigenvalue weighted by atomic mass is 16.5. The highest BCUT2D eigenvalue weighted by Gasteiger charge is 2.00. The molecule has 10 heavy (non-hydrogen) atoms. The third-order valence-electron chi connectivity index (χ3n) is 1.63. The minimum atomic E-state index is 0.790. The van der Waals surface area contributed by atoms with E-state index >= 15 is 0 Å². The van der Waals surface area contributed by atoms with Crippen LogP contribution >= 0.6 is 0 Å². The van der Waals surface area contributed by atoms with Crippen molar-refractivity contribution in [2.24, 2.45) is 0 Å². The fraction of sp³-hybridized carbons (Fsp3) is 0.556. The molecule has 0 atom stereocenters. The van der Waals surface area contributed by atoms with Gasteiger partial charge in [0.15, 0.2) is 0 Å². The molecule has 1 aliphatic rings. The fourth-order valence-electron chi connectivity index (χ4n) is 1.02. The maximum absolute atomic E-state index is 5.35. The molecule has 0 spiro atoms. The third kappa shape index (κ3) is 1.90. The first-order valence-corrected chi connectivity index (χ1v) is 3.80. The summed E-state index contributed by atoms with van der Waals surface area (Å²) in [4.78, 5) is 0. The molecule has 0 amide bonds. The molecule has 0 saturated carbocycles. The van der Waals surface area contributed by atoms with E-state index in [1.807, 2.05) is 6.92 Å². The molecule has 0 radical (unpaired) electrons. The van der Waals surface area contributed by atoms with Crippen molar-refractivity contribution >= 4 is 0 Å². The summed E-state index contributed by atoms with van der Waals surface area (Å²) < 4.78 is 5.35. The molecule has 0 saturated heterocycles. The molecular formula is C9H14O. The molecule has 1 heteroatoms.